The number of anilines is 1. The first-order valence-corrected chi connectivity index (χ1v) is 8.42. The van der Waals surface area contributed by atoms with Crippen LogP contribution in [0, 0.1) is 11.6 Å². The summed E-state index contributed by atoms with van der Waals surface area (Å²) in [5, 5.41) is 8.60. The van der Waals surface area contributed by atoms with Crippen molar-refractivity contribution in [3.63, 3.8) is 0 Å². The molecular formula is C17H15F2N3O2S. The van der Waals surface area contributed by atoms with Crippen molar-refractivity contribution in [3.05, 3.63) is 64.1 Å². The minimum Gasteiger partial charge on any atom is -0.486 e. The molecule has 2 aromatic heterocycles. The zero-order valence-corrected chi connectivity index (χ0v) is 14.1. The van der Waals surface area contributed by atoms with Crippen LogP contribution < -0.4 is 10.1 Å². The van der Waals surface area contributed by atoms with Gasteiger partial charge in [0.25, 0.3) is 5.91 Å². The molecule has 1 aromatic carbocycles. The lowest BCUT2D eigenvalue weighted by atomic mass is 10.3. The van der Waals surface area contributed by atoms with Gasteiger partial charge >= 0.3 is 0 Å². The highest BCUT2D eigenvalue weighted by atomic mass is 32.1. The van der Waals surface area contributed by atoms with Crippen LogP contribution in [-0.2, 0) is 13.2 Å². The number of rotatable bonds is 6. The molecule has 5 nitrogen and oxygen atoms in total. The van der Waals surface area contributed by atoms with E-state index in [0.717, 1.165) is 24.2 Å². The number of benzene rings is 1. The second kappa shape index (κ2) is 7.43. The number of carbonyl (C=O) groups excluding carboxylic acids is 1. The van der Waals surface area contributed by atoms with Crippen molar-refractivity contribution in [1.82, 2.24) is 9.78 Å². The maximum Gasteiger partial charge on any atom is 0.265 e. The number of carbonyl (C=O) groups is 1. The fourth-order valence-electron chi connectivity index (χ4n) is 2.12. The number of aryl methyl sites for hydroxylation is 1. The molecule has 0 unspecified atom stereocenters. The largest absolute Gasteiger partial charge is 0.486 e. The third-order valence-electron chi connectivity index (χ3n) is 3.38. The molecule has 0 fully saturated rings. The van der Waals surface area contributed by atoms with Crippen molar-refractivity contribution in [1.29, 1.82) is 0 Å². The van der Waals surface area contributed by atoms with E-state index in [1.807, 2.05) is 6.92 Å². The second-order valence-corrected chi connectivity index (χ2v) is 6.13. The van der Waals surface area contributed by atoms with Gasteiger partial charge in [0.1, 0.15) is 12.4 Å². The third kappa shape index (κ3) is 4.21. The van der Waals surface area contributed by atoms with Crippen LogP contribution in [0.5, 0.6) is 5.75 Å². The van der Waals surface area contributed by atoms with Gasteiger partial charge in [0.2, 0.25) is 0 Å². The molecule has 3 rings (SSSR count). The average molecular weight is 363 g/mol. The molecule has 0 aliphatic carbocycles. The van der Waals surface area contributed by atoms with Crippen LogP contribution in [-0.4, -0.2) is 15.7 Å². The van der Waals surface area contributed by atoms with Crippen LogP contribution >= 0.6 is 11.3 Å². The molecule has 0 atom stereocenters. The summed E-state index contributed by atoms with van der Waals surface area (Å²) in [6.45, 7) is 2.75. The quantitative estimate of drug-likeness (QED) is 0.718. The Morgan fingerprint density at radius 2 is 2.20 bits per heavy atom. The van der Waals surface area contributed by atoms with E-state index < -0.39 is 11.6 Å². The van der Waals surface area contributed by atoms with Crippen molar-refractivity contribution < 1.29 is 18.3 Å². The van der Waals surface area contributed by atoms with Crippen molar-refractivity contribution >= 4 is 22.9 Å². The fraction of sp³-hybridized carbons (Fsp3) is 0.176. The minimum atomic E-state index is -0.763. The molecule has 8 heteroatoms. The fourth-order valence-corrected chi connectivity index (χ4v) is 2.91. The Kier molecular flexibility index (Phi) is 5.08. The van der Waals surface area contributed by atoms with E-state index in [9.17, 15) is 13.6 Å². The van der Waals surface area contributed by atoms with Crippen molar-refractivity contribution in [2.45, 2.75) is 20.1 Å². The molecule has 0 bridgehead atoms. The average Bonchev–Trinajstić information content (AvgIpc) is 3.23. The number of thiophene rings is 1. The number of halogens is 2. The van der Waals surface area contributed by atoms with Gasteiger partial charge < -0.3 is 10.1 Å². The van der Waals surface area contributed by atoms with Crippen molar-refractivity contribution in [2.75, 3.05) is 5.32 Å². The predicted molar refractivity (Wildman–Crippen MR) is 90.9 cm³/mol. The molecule has 1 amide bonds. The standard InChI is InChI=1S/C17H15F2N3O2S/c1-2-22-8-13(7-20-22)21-17(23)16-5-11(10-25-16)9-24-15-4-3-12(18)6-14(15)19/h3-8,10H,2,9H2,1H3,(H,21,23). The molecule has 1 N–H and O–H groups in total. The number of hydrogen-bond donors (Lipinski definition) is 1. The van der Waals surface area contributed by atoms with E-state index in [0.29, 0.717) is 10.6 Å². The van der Waals surface area contributed by atoms with E-state index in [-0.39, 0.29) is 18.3 Å². The van der Waals surface area contributed by atoms with Crippen molar-refractivity contribution in [3.8, 4) is 5.75 Å². The summed E-state index contributed by atoms with van der Waals surface area (Å²) in [6.07, 6.45) is 3.32. The Morgan fingerprint density at radius 3 is 2.92 bits per heavy atom. The minimum absolute atomic E-state index is 0.0365. The summed E-state index contributed by atoms with van der Waals surface area (Å²) in [4.78, 5) is 12.7. The van der Waals surface area contributed by atoms with Crippen molar-refractivity contribution in [2.24, 2.45) is 0 Å². The SMILES string of the molecule is CCn1cc(NC(=O)c2cc(COc3ccc(F)cc3F)cs2)cn1. The summed E-state index contributed by atoms with van der Waals surface area (Å²) in [5.41, 5.74) is 1.34. The van der Waals surface area contributed by atoms with Crippen LogP contribution in [0.25, 0.3) is 0 Å². The van der Waals surface area contributed by atoms with Crippen LogP contribution in [0.2, 0.25) is 0 Å². The first-order chi connectivity index (χ1) is 12.0. The number of nitrogens with one attached hydrogen (secondary N) is 1. The molecular weight excluding hydrogens is 348 g/mol. The lowest BCUT2D eigenvalue weighted by Crippen LogP contribution is -2.09. The summed E-state index contributed by atoms with van der Waals surface area (Å²) < 4.78 is 33.4. The summed E-state index contributed by atoms with van der Waals surface area (Å²) in [6, 6.07) is 4.79. The van der Waals surface area contributed by atoms with Crippen LogP contribution in [0.3, 0.4) is 0 Å². The number of amides is 1. The van der Waals surface area contributed by atoms with Gasteiger partial charge in [0.05, 0.1) is 16.8 Å². The van der Waals surface area contributed by atoms with Gasteiger partial charge in [0.15, 0.2) is 11.6 Å². The molecule has 0 saturated carbocycles. The van der Waals surface area contributed by atoms with Gasteiger partial charge in [-0.05, 0) is 30.5 Å². The highest BCUT2D eigenvalue weighted by Crippen LogP contribution is 2.21. The smallest absolute Gasteiger partial charge is 0.265 e. The van der Waals surface area contributed by atoms with Gasteiger partial charge in [0, 0.05) is 24.4 Å². The normalized spacial score (nSPS) is 10.7. The maximum absolute atomic E-state index is 13.5. The molecule has 0 saturated heterocycles. The van der Waals surface area contributed by atoms with Crippen LogP contribution in [0.1, 0.15) is 22.2 Å². The number of nitrogens with zero attached hydrogens (tertiary/aromatic N) is 2. The topological polar surface area (TPSA) is 56.2 Å². The van der Waals surface area contributed by atoms with Gasteiger partial charge in [-0.15, -0.1) is 11.3 Å². The summed E-state index contributed by atoms with van der Waals surface area (Å²) in [7, 11) is 0. The van der Waals surface area contributed by atoms with E-state index in [1.54, 1.807) is 28.5 Å². The molecule has 3 aromatic rings. The molecule has 0 aliphatic heterocycles. The number of aromatic nitrogens is 2. The summed E-state index contributed by atoms with van der Waals surface area (Å²) in [5.74, 6) is -1.71. The van der Waals surface area contributed by atoms with E-state index in [4.69, 9.17) is 4.74 Å². The Hall–Kier alpha value is -2.74. The van der Waals surface area contributed by atoms with E-state index in [2.05, 4.69) is 10.4 Å². The van der Waals surface area contributed by atoms with Crippen LogP contribution in [0.15, 0.2) is 42.0 Å². The molecule has 0 radical (unpaired) electrons. The first-order valence-electron chi connectivity index (χ1n) is 7.54. The lowest BCUT2D eigenvalue weighted by molar-refractivity contribution is 0.103. The Balaban J connectivity index is 1.60. The molecule has 2 heterocycles. The monoisotopic (exact) mass is 363 g/mol. The number of hydrogen-bond acceptors (Lipinski definition) is 4. The zero-order valence-electron chi connectivity index (χ0n) is 13.3. The lowest BCUT2D eigenvalue weighted by Gasteiger charge is -2.05. The molecule has 130 valence electrons. The van der Waals surface area contributed by atoms with E-state index >= 15 is 0 Å². The molecule has 0 aliphatic rings. The first kappa shape index (κ1) is 17.1. The molecule has 0 spiro atoms. The van der Waals surface area contributed by atoms with Gasteiger partial charge in [-0.25, -0.2) is 8.78 Å². The highest BCUT2D eigenvalue weighted by Gasteiger charge is 2.12. The summed E-state index contributed by atoms with van der Waals surface area (Å²) >= 11 is 1.26. The van der Waals surface area contributed by atoms with Gasteiger partial charge in [-0.1, -0.05) is 0 Å². The van der Waals surface area contributed by atoms with Crippen LogP contribution in [0.4, 0.5) is 14.5 Å². The Labute approximate surface area is 146 Å². The highest BCUT2D eigenvalue weighted by molar-refractivity contribution is 7.12. The molecule has 25 heavy (non-hydrogen) atoms. The zero-order chi connectivity index (χ0) is 17.8. The Bertz CT molecular complexity index is 892. The van der Waals surface area contributed by atoms with E-state index in [1.165, 1.54) is 17.4 Å². The Morgan fingerprint density at radius 1 is 1.36 bits per heavy atom. The number of ether oxygens (including phenoxy) is 1. The second-order valence-electron chi connectivity index (χ2n) is 5.22. The maximum atomic E-state index is 13.5. The predicted octanol–water partition coefficient (Wildman–Crippen LogP) is 4.07. The third-order valence-corrected chi connectivity index (χ3v) is 4.36. The van der Waals surface area contributed by atoms with Gasteiger partial charge in [-0.3, -0.25) is 9.48 Å². The van der Waals surface area contributed by atoms with Gasteiger partial charge in [-0.2, -0.15) is 5.10 Å².